The topological polar surface area (TPSA) is 32.3 Å². The average Bonchev–Trinajstić information content (AvgIpc) is 2.40. The van der Waals surface area contributed by atoms with Crippen LogP contribution in [0.4, 0.5) is 5.69 Å². The van der Waals surface area contributed by atoms with Crippen molar-refractivity contribution in [3.8, 4) is 0 Å². The lowest BCUT2D eigenvalue weighted by Gasteiger charge is -2.31. The van der Waals surface area contributed by atoms with Crippen LogP contribution in [0.5, 0.6) is 0 Å². The van der Waals surface area contributed by atoms with Gasteiger partial charge in [0, 0.05) is 24.3 Å². The zero-order valence-electron chi connectivity index (χ0n) is 12.6. The van der Waals surface area contributed by atoms with Crippen LogP contribution in [-0.2, 0) is 4.79 Å². The molecule has 3 nitrogen and oxygen atoms in total. The summed E-state index contributed by atoms with van der Waals surface area (Å²) in [6.45, 7) is 11.8. The first-order valence-electron chi connectivity index (χ1n) is 6.85. The van der Waals surface area contributed by atoms with Crippen LogP contribution in [0.1, 0.15) is 33.3 Å². The lowest BCUT2D eigenvalue weighted by molar-refractivity contribution is -0.125. The Balaban J connectivity index is 2.43. The van der Waals surface area contributed by atoms with Crippen molar-refractivity contribution < 1.29 is 4.79 Å². The monoisotopic (exact) mass is 260 g/mol. The molecule has 0 aliphatic carbocycles. The molecule has 1 aromatic rings. The van der Waals surface area contributed by atoms with Gasteiger partial charge in [-0.25, -0.2) is 0 Å². The van der Waals surface area contributed by atoms with Crippen LogP contribution in [0, 0.1) is 12.3 Å². The van der Waals surface area contributed by atoms with E-state index in [1.807, 2.05) is 30.9 Å². The van der Waals surface area contributed by atoms with E-state index in [1.54, 1.807) is 0 Å². The summed E-state index contributed by atoms with van der Waals surface area (Å²) >= 11 is 0. The maximum atomic E-state index is 12.8. The third kappa shape index (κ3) is 2.98. The first-order chi connectivity index (χ1) is 8.71. The molecular formula is C16H24N2O. The summed E-state index contributed by atoms with van der Waals surface area (Å²) in [7, 11) is 0. The first kappa shape index (κ1) is 14.1. The maximum Gasteiger partial charge on any atom is 0.233 e. The van der Waals surface area contributed by atoms with Crippen molar-refractivity contribution in [2.45, 2.75) is 40.2 Å². The van der Waals surface area contributed by atoms with E-state index in [-0.39, 0.29) is 16.9 Å². The zero-order chi connectivity index (χ0) is 14.3. The van der Waals surface area contributed by atoms with Crippen LogP contribution in [0.3, 0.4) is 0 Å². The Morgan fingerprint density at radius 3 is 2.53 bits per heavy atom. The fourth-order valence-electron chi connectivity index (χ4n) is 2.43. The van der Waals surface area contributed by atoms with Crippen LogP contribution in [0.2, 0.25) is 0 Å². The molecule has 0 unspecified atom stereocenters. The number of nitrogens with zero attached hydrogens (tertiary/aromatic N) is 1. The Labute approximate surface area is 116 Å². The first-order valence-corrected chi connectivity index (χ1v) is 6.85. The zero-order valence-corrected chi connectivity index (χ0v) is 12.6. The van der Waals surface area contributed by atoms with E-state index in [9.17, 15) is 4.79 Å². The number of rotatable bonds is 1. The number of carbonyl (C=O) groups excluding carboxylic acids is 1. The van der Waals surface area contributed by atoms with Gasteiger partial charge in [0.1, 0.15) is 0 Å². The molecule has 1 N–H and O–H groups in total. The second-order valence-electron chi connectivity index (χ2n) is 6.85. The molecule has 3 heteroatoms. The number of amides is 1. The Hall–Kier alpha value is -1.35. The molecule has 0 aromatic heterocycles. The van der Waals surface area contributed by atoms with Crippen molar-refractivity contribution in [2.24, 2.45) is 5.41 Å². The summed E-state index contributed by atoms with van der Waals surface area (Å²) < 4.78 is 0. The molecule has 1 aromatic carbocycles. The standard InChI is InChI=1S/C16H24N2O/c1-12-7-6-8-13(9-12)18-11-16(4,5)17-10-15(2,3)14(18)19/h6-9,17H,10-11H2,1-5H3. The number of aryl methyl sites for hydroxylation is 1. The highest BCUT2D eigenvalue weighted by molar-refractivity contribution is 5.97. The minimum Gasteiger partial charge on any atom is -0.310 e. The minimum absolute atomic E-state index is 0.0762. The summed E-state index contributed by atoms with van der Waals surface area (Å²) in [5.41, 5.74) is 1.72. The largest absolute Gasteiger partial charge is 0.310 e. The highest BCUT2D eigenvalue weighted by atomic mass is 16.2. The molecule has 0 atom stereocenters. The second kappa shape index (κ2) is 4.64. The quantitative estimate of drug-likeness (QED) is 0.842. The normalized spacial score (nSPS) is 22.2. The van der Waals surface area contributed by atoms with Crippen LogP contribution in [0.25, 0.3) is 0 Å². The van der Waals surface area contributed by atoms with Crippen molar-refractivity contribution in [3.63, 3.8) is 0 Å². The molecule has 0 spiro atoms. The smallest absolute Gasteiger partial charge is 0.233 e. The van der Waals surface area contributed by atoms with Gasteiger partial charge < -0.3 is 10.2 Å². The Morgan fingerprint density at radius 1 is 1.21 bits per heavy atom. The van der Waals surface area contributed by atoms with Gasteiger partial charge in [0.05, 0.1) is 5.41 Å². The highest BCUT2D eigenvalue weighted by Crippen LogP contribution is 2.29. The molecule has 1 aliphatic rings. The molecule has 1 heterocycles. The van der Waals surface area contributed by atoms with E-state index in [2.05, 4.69) is 38.2 Å². The number of anilines is 1. The SMILES string of the molecule is Cc1cccc(N2CC(C)(C)NCC(C)(C)C2=O)c1. The van der Waals surface area contributed by atoms with Crippen LogP contribution < -0.4 is 10.2 Å². The summed E-state index contributed by atoms with van der Waals surface area (Å²) in [4.78, 5) is 14.7. The van der Waals surface area contributed by atoms with Gasteiger partial charge in [-0.15, -0.1) is 0 Å². The Morgan fingerprint density at radius 2 is 1.89 bits per heavy atom. The summed E-state index contributed by atoms with van der Waals surface area (Å²) in [5, 5.41) is 3.49. The summed E-state index contributed by atoms with van der Waals surface area (Å²) in [6, 6.07) is 8.16. The minimum atomic E-state index is -0.377. The van der Waals surface area contributed by atoms with Gasteiger partial charge in [-0.2, -0.15) is 0 Å². The molecule has 1 aliphatic heterocycles. The van der Waals surface area contributed by atoms with Crippen LogP contribution in [0.15, 0.2) is 24.3 Å². The van der Waals surface area contributed by atoms with Crippen molar-refractivity contribution in [1.82, 2.24) is 5.32 Å². The maximum absolute atomic E-state index is 12.8. The van der Waals surface area contributed by atoms with Gasteiger partial charge in [-0.1, -0.05) is 12.1 Å². The third-order valence-electron chi connectivity index (χ3n) is 3.70. The number of carbonyl (C=O) groups is 1. The van der Waals surface area contributed by atoms with E-state index in [0.717, 1.165) is 5.69 Å². The molecule has 0 saturated carbocycles. The van der Waals surface area contributed by atoms with Gasteiger partial charge in [-0.05, 0) is 52.3 Å². The Bertz CT molecular complexity index is 491. The van der Waals surface area contributed by atoms with E-state index >= 15 is 0 Å². The highest BCUT2D eigenvalue weighted by Gasteiger charge is 2.39. The van der Waals surface area contributed by atoms with Gasteiger partial charge in [-0.3, -0.25) is 4.79 Å². The van der Waals surface area contributed by atoms with Crippen molar-refractivity contribution >= 4 is 11.6 Å². The molecule has 1 amide bonds. The summed E-state index contributed by atoms with van der Waals surface area (Å²) in [5.74, 6) is 0.191. The van der Waals surface area contributed by atoms with Crippen molar-refractivity contribution in [3.05, 3.63) is 29.8 Å². The third-order valence-corrected chi connectivity index (χ3v) is 3.70. The van der Waals surface area contributed by atoms with Gasteiger partial charge >= 0.3 is 0 Å². The predicted octanol–water partition coefficient (Wildman–Crippen LogP) is 2.74. The lowest BCUT2D eigenvalue weighted by atomic mass is 9.91. The lowest BCUT2D eigenvalue weighted by Crippen LogP contribution is -2.47. The van der Waals surface area contributed by atoms with E-state index in [1.165, 1.54) is 5.56 Å². The van der Waals surface area contributed by atoms with E-state index in [0.29, 0.717) is 13.1 Å². The number of benzene rings is 1. The van der Waals surface area contributed by atoms with Gasteiger partial charge in [0.2, 0.25) is 5.91 Å². The number of hydrogen-bond acceptors (Lipinski definition) is 2. The second-order valence-corrected chi connectivity index (χ2v) is 6.85. The molecule has 19 heavy (non-hydrogen) atoms. The average molecular weight is 260 g/mol. The Kier molecular flexibility index (Phi) is 3.43. The van der Waals surface area contributed by atoms with Crippen LogP contribution >= 0.6 is 0 Å². The van der Waals surface area contributed by atoms with E-state index in [4.69, 9.17) is 0 Å². The number of nitrogens with one attached hydrogen (secondary N) is 1. The predicted molar refractivity (Wildman–Crippen MR) is 79.4 cm³/mol. The molecule has 1 saturated heterocycles. The van der Waals surface area contributed by atoms with Crippen LogP contribution in [-0.4, -0.2) is 24.5 Å². The molecule has 2 rings (SSSR count). The summed E-state index contributed by atoms with van der Waals surface area (Å²) in [6.07, 6.45) is 0. The number of hydrogen-bond donors (Lipinski definition) is 1. The molecule has 1 fully saturated rings. The fourth-order valence-corrected chi connectivity index (χ4v) is 2.43. The van der Waals surface area contributed by atoms with Crippen molar-refractivity contribution in [1.29, 1.82) is 0 Å². The molecule has 0 radical (unpaired) electrons. The van der Waals surface area contributed by atoms with E-state index < -0.39 is 0 Å². The fraction of sp³-hybridized carbons (Fsp3) is 0.562. The van der Waals surface area contributed by atoms with Gasteiger partial charge in [0.15, 0.2) is 0 Å². The molecular weight excluding hydrogens is 236 g/mol. The molecule has 104 valence electrons. The molecule has 0 bridgehead atoms. The van der Waals surface area contributed by atoms with Gasteiger partial charge in [0.25, 0.3) is 0 Å². The van der Waals surface area contributed by atoms with Crippen molar-refractivity contribution in [2.75, 3.05) is 18.0 Å².